The Hall–Kier alpha value is -4.05. The summed E-state index contributed by atoms with van der Waals surface area (Å²) >= 11 is 0. The molecule has 1 spiro atoms. The zero-order valence-electron chi connectivity index (χ0n) is 15.5. The number of fused-ring (bicyclic) bond motifs is 3. The topological polar surface area (TPSA) is 108 Å². The van der Waals surface area contributed by atoms with E-state index in [1.165, 1.54) is 0 Å². The standard InChI is InChI=1S/C22H16N4O3/c1-12-6-8-13(9-7-12)26-17-11-29-20(27)18(17)22(15(10-23)19(26)24)14-4-2-3-5-16(14)25-21(22)28/h2-9H,11,24H2,1H3,(H,25,28). The summed E-state index contributed by atoms with van der Waals surface area (Å²) in [5.74, 6) is -0.988. The maximum atomic E-state index is 13.3. The molecular weight excluding hydrogens is 368 g/mol. The van der Waals surface area contributed by atoms with E-state index in [4.69, 9.17) is 10.5 Å². The van der Waals surface area contributed by atoms with Gasteiger partial charge in [0.05, 0.1) is 16.8 Å². The molecule has 0 aliphatic carbocycles. The van der Waals surface area contributed by atoms with Crippen molar-refractivity contribution >= 4 is 23.3 Å². The molecule has 1 unspecified atom stereocenters. The van der Waals surface area contributed by atoms with E-state index in [-0.39, 0.29) is 23.6 Å². The van der Waals surface area contributed by atoms with Crippen molar-refractivity contribution in [1.29, 1.82) is 5.26 Å². The monoisotopic (exact) mass is 384 g/mol. The van der Waals surface area contributed by atoms with Gasteiger partial charge in [-0.2, -0.15) is 5.26 Å². The van der Waals surface area contributed by atoms with E-state index in [0.717, 1.165) is 5.56 Å². The summed E-state index contributed by atoms with van der Waals surface area (Å²) < 4.78 is 5.34. The summed E-state index contributed by atoms with van der Waals surface area (Å²) in [6.45, 7) is 1.93. The summed E-state index contributed by atoms with van der Waals surface area (Å²) in [4.78, 5) is 27.8. The van der Waals surface area contributed by atoms with Gasteiger partial charge in [-0.05, 0) is 25.1 Å². The lowest BCUT2D eigenvalue weighted by Crippen LogP contribution is -2.48. The third kappa shape index (κ3) is 2.00. The molecule has 3 N–H and O–H groups in total. The molecule has 0 bridgehead atoms. The molecular formula is C22H16N4O3. The Morgan fingerprint density at radius 2 is 1.90 bits per heavy atom. The molecule has 1 atom stereocenters. The summed E-state index contributed by atoms with van der Waals surface area (Å²) in [6, 6.07) is 16.6. The number of nitriles is 1. The highest BCUT2D eigenvalue weighted by Gasteiger charge is 2.61. The third-order valence-electron chi connectivity index (χ3n) is 5.67. The second-order valence-corrected chi connectivity index (χ2v) is 7.19. The largest absolute Gasteiger partial charge is 0.456 e. The molecule has 2 aromatic rings. The maximum Gasteiger partial charge on any atom is 0.338 e. The van der Waals surface area contributed by atoms with Gasteiger partial charge in [-0.1, -0.05) is 35.9 Å². The molecule has 7 nitrogen and oxygen atoms in total. The first-order valence-electron chi connectivity index (χ1n) is 9.09. The molecule has 0 saturated heterocycles. The number of cyclic esters (lactones) is 1. The van der Waals surface area contributed by atoms with Crippen molar-refractivity contribution in [3.63, 3.8) is 0 Å². The Labute approximate surface area is 166 Å². The first-order chi connectivity index (χ1) is 14.0. The molecule has 2 aromatic carbocycles. The molecule has 5 rings (SSSR count). The minimum atomic E-state index is -1.61. The molecule has 0 aromatic heterocycles. The number of amides is 1. The zero-order valence-corrected chi connectivity index (χ0v) is 15.5. The van der Waals surface area contributed by atoms with Gasteiger partial charge >= 0.3 is 5.97 Å². The van der Waals surface area contributed by atoms with Crippen LogP contribution in [0.2, 0.25) is 0 Å². The van der Waals surface area contributed by atoms with Crippen LogP contribution >= 0.6 is 0 Å². The van der Waals surface area contributed by atoms with Gasteiger partial charge in [0.15, 0.2) is 0 Å². The normalized spacial score (nSPS) is 22.4. The number of benzene rings is 2. The van der Waals surface area contributed by atoms with E-state index >= 15 is 0 Å². The van der Waals surface area contributed by atoms with E-state index in [1.54, 1.807) is 29.2 Å². The number of ether oxygens (including phenoxy) is 1. The van der Waals surface area contributed by atoms with Crippen LogP contribution in [0.15, 0.2) is 71.2 Å². The van der Waals surface area contributed by atoms with Gasteiger partial charge in [-0.25, -0.2) is 4.79 Å². The van der Waals surface area contributed by atoms with E-state index in [2.05, 4.69) is 11.4 Å². The molecule has 7 heteroatoms. The van der Waals surface area contributed by atoms with Crippen LogP contribution in [0.4, 0.5) is 11.4 Å². The highest BCUT2D eigenvalue weighted by molar-refractivity contribution is 6.18. The van der Waals surface area contributed by atoms with Crippen molar-refractivity contribution < 1.29 is 14.3 Å². The van der Waals surface area contributed by atoms with Crippen molar-refractivity contribution in [3.05, 3.63) is 82.3 Å². The molecule has 3 aliphatic heterocycles. The molecule has 3 heterocycles. The smallest absolute Gasteiger partial charge is 0.338 e. The minimum Gasteiger partial charge on any atom is -0.456 e. The fourth-order valence-corrected chi connectivity index (χ4v) is 4.40. The van der Waals surface area contributed by atoms with E-state index in [1.807, 2.05) is 31.2 Å². The number of hydrogen-bond donors (Lipinski definition) is 2. The van der Waals surface area contributed by atoms with Gasteiger partial charge in [-0.15, -0.1) is 0 Å². The van der Waals surface area contributed by atoms with Gasteiger partial charge in [0.25, 0.3) is 0 Å². The summed E-state index contributed by atoms with van der Waals surface area (Å²) in [6.07, 6.45) is 0. The number of aryl methyl sites for hydroxylation is 1. The Morgan fingerprint density at radius 3 is 2.62 bits per heavy atom. The fraction of sp³-hybridized carbons (Fsp3) is 0.136. The molecule has 0 saturated carbocycles. The number of rotatable bonds is 1. The molecule has 142 valence electrons. The van der Waals surface area contributed by atoms with Crippen molar-refractivity contribution in [2.75, 3.05) is 16.8 Å². The molecule has 0 radical (unpaired) electrons. The lowest BCUT2D eigenvalue weighted by Gasteiger charge is -2.38. The van der Waals surface area contributed by atoms with Crippen LogP contribution in [-0.2, 0) is 19.7 Å². The number of anilines is 2. The summed E-state index contributed by atoms with van der Waals surface area (Å²) in [5.41, 5.74) is 8.32. The SMILES string of the molecule is Cc1ccc(N2C(N)=C(C#N)C3(C(=O)Nc4ccccc43)C3=C2COC3=O)cc1. The van der Waals surface area contributed by atoms with Crippen molar-refractivity contribution in [2.24, 2.45) is 5.73 Å². The number of carbonyl (C=O) groups is 2. The Morgan fingerprint density at radius 1 is 1.17 bits per heavy atom. The van der Waals surface area contributed by atoms with Crippen LogP contribution < -0.4 is 16.0 Å². The molecule has 29 heavy (non-hydrogen) atoms. The van der Waals surface area contributed by atoms with Gasteiger partial charge in [0.1, 0.15) is 23.9 Å². The van der Waals surface area contributed by atoms with Crippen LogP contribution in [-0.4, -0.2) is 18.5 Å². The Kier molecular flexibility index (Phi) is 3.37. The van der Waals surface area contributed by atoms with Crippen LogP contribution in [0.25, 0.3) is 0 Å². The van der Waals surface area contributed by atoms with Crippen LogP contribution in [0.5, 0.6) is 0 Å². The summed E-state index contributed by atoms with van der Waals surface area (Å²) in [7, 11) is 0. The highest BCUT2D eigenvalue weighted by Crippen LogP contribution is 2.54. The second kappa shape index (κ2) is 5.72. The average Bonchev–Trinajstić information content (AvgIpc) is 3.22. The Bertz CT molecular complexity index is 1200. The summed E-state index contributed by atoms with van der Waals surface area (Å²) in [5, 5.41) is 12.9. The zero-order chi connectivity index (χ0) is 20.3. The van der Waals surface area contributed by atoms with E-state index in [9.17, 15) is 14.9 Å². The van der Waals surface area contributed by atoms with Crippen LogP contribution in [0.1, 0.15) is 11.1 Å². The molecule has 3 aliphatic rings. The van der Waals surface area contributed by atoms with Crippen molar-refractivity contribution in [1.82, 2.24) is 0 Å². The Balaban J connectivity index is 1.86. The number of nitrogens with two attached hydrogens (primary N) is 1. The van der Waals surface area contributed by atoms with Gasteiger partial charge < -0.3 is 15.8 Å². The lowest BCUT2D eigenvalue weighted by atomic mass is 9.67. The lowest BCUT2D eigenvalue weighted by molar-refractivity contribution is -0.137. The predicted octanol–water partition coefficient (Wildman–Crippen LogP) is 2.21. The van der Waals surface area contributed by atoms with Crippen LogP contribution in [0.3, 0.4) is 0 Å². The van der Waals surface area contributed by atoms with E-state index in [0.29, 0.717) is 22.6 Å². The van der Waals surface area contributed by atoms with E-state index < -0.39 is 17.3 Å². The number of para-hydroxylation sites is 1. The number of esters is 1. The van der Waals surface area contributed by atoms with Gasteiger partial charge in [0, 0.05) is 16.9 Å². The number of nitrogens with one attached hydrogen (secondary N) is 1. The first-order valence-corrected chi connectivity index (χ1v) is 9.09. The van der Waals surface area contributed by atoms with Crippen LogP contribution in [0, 0.1) is 18.3 Å². The predicted molar refractivity (Wildman–Crippen MR) is 105 cm³/mol. The first kappa shape index (κ1) is 17.1. The number of nitrogens with zero attached hydrogens (tertiary/aromatic N) is 2. The van der Waals surface area contributed by atoms with Crippen molar-refractivity contribution in [2.45, 2.75) is 12.3 Å². The molecule has 0 fully saturated rings. The average molecular weight is 384 g/mol. The number of carbonyl (C=O) groups excluding carboxylic acids is 2. The third-order valence-corrected chi connectivity index (χ3v) is 5.67. The fourth-order valence-electron chi connectivity index (χ4n) is 4.40. The highest BCUT2D eigenvalue weighted by atomic mass is 16.5. The number of hydrogen-bond acceptors (Lipinski definition) is 6. The van der Waals surface area contributed by atoms with Crippen molar-refractivity contribution in [3.8, 4) is 6.07 Å². The van der Waals surface area contributed by atoms with Gasteiger partial charge in [0.2, 0.25) is 5.91 Å². The minimum absolute atomic E-state index is 0.0122. The van der Waals surface area contributed by atoms with Gasteiger partial charge in [-0.3, -0.25) is 9.69 Å². The quantitative estimate of drug-likeness (QED) is 0.730. The maximum absolute atomic E-state index is 13.3. The molecule has 1 amide bonds. The second-order valence-electron chi connectivity index (χ2n) is 7.19.